The van der Waals surface area contributed by atoms with Crippen LogP contribution in [0.1, 0.15) is 10.4 Å². The number of hydrogen-bond acceptors (Lipinski definition) is 5. The summed E-state index contributed by atoms with van der Waals surface area (Å²) in [4.78, 5) is 27.3. The number of benzene rings is 1. The van der Waals surface area contributed by atoms with Crippen molar-refractivity contribution in [2.45, 2.75) is 6.54 Å². The summed E-state index contributed by atoms with van der Waals surface area (Å²) in [7, 11) is 0. The minimum atomic E-state index is -0.432. The molecule has 0 fully saturated rings. The number of carbonyl (C=O) groups is 1. The molecule has 1 amide bonds. The molecule has 0 unspecified atom stereocenters. The van der Waals surface area contributed by atoms with Crippen molar-refractivity contribution < 1.29 is 9.53 Å². The Hall–Kier alpha value is -1.94. The zero-order valence-electron chi connectivity index (χ0n) is 11.0. The van der Waals surface area contributed by atoms with Gasteiger partial charge in [0.15, 0.2) is 0 Å². The first kappa shape index (κ1) is 15.4. The van der Waals surface area contributed by atoms with Crippen molar-refractivity contribution >= 4 is 28.5 Å². The number of ether oxygens (including phenoxy) is 1. The van der Waals surface area contributed by atoms with E-state index >= 15 is 0 Å². The highest BCUT2D eigenvalue weighted by Crippen LogP contribution is 2.17. The number of hydrazine groups is 1. The number of halogens is 1. The minimum Gasteiger partial charge on any atom is -0.491 e. The Kier molecular flexibility index (Phi) is 5.28. The second-order valence-corrected chi connectivity index (χ2v) is 5.22. The lowest BCUT2D eigenvalue weighted by Crippen LogP contribution is -2.30. The quantitative estimate of drug-likeness (QED) is 0.330. The van der Waals surface area contributed by atoms with Crippen molar-refractivity contribution in [2.75, 3.05) is 6.61 Å². The third kappa shape index (κ3) is 3.79. The first-order chi connectivity index (χ1) is 10.1. The van der Waals surface area contributed by atoms with Crippen molar-refractivity contribution in [1.82, 2.24) is 15.0 Å². The molecule has 0 aliphatic rings. The number of nitrogens with two attached hydrogens (primary N) is 1. The first-order valence-electron chi connectivity index (χ1n) is 6.06. The Morgan fingerprint density at radius 2 is 2.19 bits per heavy atom. The van der Waals surface area contributed by atoms with E-state index in [0.29, 0.717) is 21.4 Å². The lowest BCUT2D eigenvalue weighted by atomic mass is 10.2. The summed E-state index contributed by atoms with van der Waals surface area (Å²) in [6.45, 7) is 0.567. The number of nitrogen functional groups attached to an aromatic ring is 1. The Labute approximate surface area is 134 Å². The molecule has 3 N–H and O–H groups in total. The summed E-state index contributed by atoms with van der Waals surface area (Å²) in [5.74, 6) is 5.10. The first-order valence-corrected chi connectivity index (χ1v) is 7.14. The molecule has 0 radical (unpaired) electrons. The van der Waals surface area contributed by atoms with Crippen LogP contribution in [0.4, 0.5) is 0 Å². The van der Waals surface area contributed by atoms with Crippen LogP contribution in [-0.2, 0) is 6.54 Å². The Morgan fingerprint density at radius 1 is 1.43 bits per heavy atom. The van der Waals surface area contributed by atoms with Gasteiger partial charge in [-0.25, -0.2) is 10.8 Å². The van der Waals surface area contributed by atoms with Crippen LogP contribution >= 0.6 is 22.6 Å². The van der Waals surface area contributed by atoms with Crippen LogP contribution < -0.4 is 21.6 Å². The summed E-state index contributed by atoms with van der Waals surface area (Å²) >= 11 is 1.93. The lowest BCUT2D eigenvalue weighted by molar-refractivity contribution is 0.0949. The molecule has 1 heterocycles. The molecule has 0 aliphatic carbocycles. The molecule has 7 nitrogen and oxygen atoms in total. The van der Waals surface area contributed by atoms with Gasteiger partial charge in [-0.1, -0.05) is 12.1 Å². The number of rotatable bonds is 5. The minimum absolute atomic E-state index is 0.123. The van der Waals surface area contributed by atoms with Gasteiger partial charge in [0.25, 0.3) is 11.5 Å². The molecule has 0 bridgehead atoms. The van der Waals surface area contributed by atoms with Gasteiger partial charge in [-0.05, 0) is 34.7 Å². The highest BCUT2D eigenvalue weighted by atomic mass is 127. The van der Waals surface area contributed by atoms with Gasteiger partial charge < -0.3 is 4.74 Å². The van der Waals surface area contributed by atoms with Crippen LogP contribution in [-0.4, -0.2) is 22.1 Å². The van der Waals surface area contributed by atoms with Crippen LogP contribution in [0, 0.1) is 3.57 Å². The molecule has 2 rings (SSSR count). The summed E-state index contributed by atoms with van der Waals surface area (Å²) < 4.78 is 7.54. The van der Waals surface area contributed by atoms with Crippen LogP contribution in [0.25, 0.3) is 0 Å². The Balaban J connectivity index is 2.06. The van der Waals surface area contributed by atoms with E-state index in [0.717, 1.165) is 0 Å². The number of aromatic nitrogens is 2. The van der Waals surface area contributed by atoms with E-state index in [1.165, 1.54) is 17.1 Å². The topological polar surface area (TPSA) is 99.2 Å². The molecule has 8 heteroatoms. The third-order valence-electron chi connectivity index (χ3n) is 2.71. The van der Waals surface area contributed by atoms with Crippen LogP contribution in [0.15, 0.2) is 41.6 Å². The maximum Gasteiger partial charge on any atom is 0.268 e. The van der Waals surface area contributed by atoms with Gasteiger partial charge >= 0.3 is 0 Å². The molecule has 0 spiro atoms. The van der Waals surface area contributed by atoms with E-state index in [-0.39, 0.29) is 12.2 Å². The average molecular weight is 400 g/mol. The standard InChI is InChI=1S/C13H13IN4O3/c14-10-7-16-8-18(13(10)20)5-6-21-11-4-2-1-3-9(11)12(19)17-15/h1-4,7-8H,5-6,15H2,(H,17,19). The molecular weight excluding hydrogens is 387 g/mol. The predicted molar refractivity (Wildman–Crippen MR) is 84.8 cm³/mol. The largest absolute Gasteiger partial charge is 0.491 e. The maximum atomic E-state index is 11.8. The molecule has 0 saturated carbocycles. The summed E-state index contributed by atoms with van der Waals surface area (Å²) in [5.41, 5.74) is 2.28. The number of amides is 1. The molecule has 1 aromatic carbocycles. The summed E-state index contributed by atoms with van der Waals surface area (Å²) in [6.07, 6.45) is 2.95. The van der Waals surface area contributed by atoms with Crippen LogP contribution in [0.3, 0.4) is 0 Å². The van der Waals surface area contributed by atoms with Crippen molar-refractivity contribution in [2.24, 2.45) is 5.84 Å². The smallest absolute Gasteiger partial charge is 0.268 e. The molecule has 0 saturated heterocycles. The number of nitrogens with one attached hydrogen (secondary N) is 1. The van der Waals surface area contributed by atoms with Gasteiger partial charge in [-0.2, -0.15) is 0 Å². The van der Waals surface area contributed by atoms with Crippen LogP contribution in [0.5, 0.6) is 5.75 Å². The molecular formula is C13H13IN4O3. The van der Waals surface area contributed by atoms with Crippen molar-refractivity contribution in [3.8, 4) is 5.75 Å². The van der Waals surface area contributed by atoms with Gasteiger partial charge in [0.2, 0.25) is 0 Å². The molecule has 2 aromatic rings. The van der Waals surface area contributed by atoms with Gasteiger partial charge in [0.05, 0.1) is 22.0 Å². The van der Waals surface area contributed by atoms with Crippen molar-refractivity contribution in [3.63, 3.8) is 0 Å². The SMILES string of the molecule is NNC(=O)c1ccccc1OCCn1cncc(I)c1=O. The molecule has 21 heavy (non-hydrogen) atoms. The lowest BCUT2D eigenvalue weighted by Gasteiger charge is -2.11. The molecule has 1 aromatic heterocycles. The Bertz CT molecular complexity index is 702. The zero-order chi connectivity index (χ0) is 15.2. The monoisotopic (exact) mass is 400 g/mol. The molecule has 0 atom stereocenters. The highest BCUT2D eigenvalue weighted by molar-refractivity contribution is 14.1. The Morgan fingerprint density at radius 3 is 2.95 bits per heavy atom. The van der Waals surface area contributed by atoms with E-state index in [4.69, 9.17) is 10.6 Å². The second-order valence-electron chi connectivity index (χ2n) is 4.06. The fraction of sp³-hybridized carbons (Fsp3) is 0.154. The van der Waals surface area contributed by atoms with Crippen LogP contribution in [0.2, 0.25) is 0 Å². The van der Waals surface area contributed by atoms with E-state index in [2.05, 4.69) is 10.4 Å². The average Bonchev–Trinajstić information content (AvgIpc) is 2.51. The fourth-order valence-corrected chi connectivity index (χ4v) is 2.17. The second kappa shape index (κ2) is 7.18. The van der Waals surface area contributed by atoms with Gasteiger partial charge in [-0.15, -0.1) is 0 Å². The van der Waals surface area contributed by atoms with E-state index in [1.54, 1.807) is 24.3 Å². The van der Waals surface area contributed by atoms with Gasteiger partial charge in [0, 0.05) is 6.20 Å². The maximum absolute atomic E-state index is 11.8. The number of carbonyl (C=O) groups excluding carboxylic acids is 1. The third-order valence-corrected chi connectivity index (χ3v) is 3.45. The predicted octanol–water partition coefficient (Wildman–Crippen LogP) is 0.530. The molecule has 110 valence electrons. The van der Waals surface area contributed by atoms with Gasteiger partial charge in [0.1, 0.15) is 12.4 Å². The van der Waals surface area contributed by atoms with E-state index in [1.807, 2.05) is 22.6 Å². The van der Waals surface area contributed by atoms with Gasteiger partial charge in [-0.3, -0.25) is 19.6 Å². The number of nitrogens with zero attached hydrogens (tertiary/aromatic N) is 2. The summed E-state index contributed by atoms with van der Waals surface area (Å²) in [5, 5.41) is 0. The van der Waals surface area contributed by atoms with Crippen molar-refractivity contribution in [1.29, 1.82) is 0 Å². The fourth-order valence-electron chi connectivity index (χ4n) is 1.70. The van der Waals surface area contributed by atoms with E-state index < -0.39 is 5.91 Å². The normalized spacial score (nSPS) is 10.2. The number of hydrogen-bond donors (Lipinski definition) is 2. The summed E-state index contributed by atoms with van der Waals surface area (Å²) in [6, 6.07) is 6.74. The number of para-hydroxylation sites is 1. The van der Waals surface area contributed by atoms with Crippen molar-refractivity contribution in [3.05, 3.63) is 56.3 Å². The zero-order valence-corrected chi connectivity index (χ0v) is 13.1. The van der Waals surface area contributed by atoms with E-state index in [9.17, 15) is 9.59 Å². The highest BCUT2D eigenvalue weighted by Gasteiger charge is 2.10. The molecule has 0 aliphatic heterocycles.